The molecular formula is C13H18N2O2. The first kappa shape index (κ1) is 12.1. The van der Waals surface area contributed by atoms with Gasteiger partial charge in [0.15, 0.2) is 0 Å². The molecule has 0 radical (unpaired) electrons. The van der Waals surface area contributed by atoms with E-state index in [1.165, 1.54) is 5.56 Å². The van der Waals surface area contributed by atoms with Crippen LogP contribution in [0.25, 0.3) is 0 Å². The van der Waals surface area contributed by atoms with Gasteiger partial charge in [-0.05, 0) is 18.4 Å². The van der Waals surface area contributed by atoms with E-state index in [1.54, 1.807) is 0 Å². The normalized spacial score (nSPS) is 24.5. The third-order valence-electron chi connectivity index (χ3n) is 3.15. The van der Waals surface area contributed by atoms with Gasteiger partial charge in [0, 0.05) is 19.1 Å². The molecule has 2 rings (SSSR count). The fraction of sp³-hybridized carbons (Fsp3) is 0.462. The number of piperidine rings is 1. The summed E-state index contributed by atoms with van der Waals surface area (Å²) in [7, 11) is 0. The maximum absolute atomic E-state index is 10.8. The van der Waals surface area contributed by atoms with Crippen molar-refractivity contribution >= 4 is 5.97 Å². The van der Waals surface area contributed by atoms with Gasteiger partial charge in [-0.15, -0.1) is 0 Å². The van der Waals surface area contributed by atoms with Gasteiger partial charge in [0.25, 0.3) is 0 Å². The quantitative estimate of drug-likeness (QED) is 0.727. The van der Waals surface area contributed by atoms with Crippen molar-refractivity contribution in [1.29, 1.82) is 0 Å². The van der Waals surface area contributed by atoms with Gasteiger partial charge in [-0.1, -0.05) is 30.3 Å². The average Bonchev–Trinajstić information content (AvgIpc) is 2.38. The molecule has 4 heteroatoms. The highest BCUT2D eigenvalue weighted by Gasteiger charge is 2.24. The third kappa shape index (κ3) is 3.54. The van der Waals surface area contributed by atoms with Crippen LogP contribution in [0.4, 0.5) is 0 Å². The predicted molar refractivity (Wildman–Crippen MR) is 65.7 cm³/mol. The zero-order chi connectivity index (χ0) is 12.1. The number of nitrogens with one attached hydrogen (secondary N) is 2. The summed E-state index contributed by atoms with van der Waals surface area (Å²) in [4.78, 5) is 10.8. The lowest BCUT2D eigenvalue weighted by molar-refractivity contribution is -0.140. The number of rotatable bonds is 4. The molecule has 0 bridgehead atoms. The van der Waals surface area contributed by atoms with Crippen molar-refractivity contribution in [3.63, 3.8) is 0 Å². The van der Waals surface area contributed by atoms with E-state index in [9.17, 15) is 4.79 Å². The van der Waals surface area contributed by atoms with Crippen LogP contribution in [0.1, 0.15) is 18.4 Å². The van der Waals surface area contributed by atoms with E-state index in [4.69, 9.17) is 5.11 Å². The van der Waals surface area contributed by atoms with Gasteiger partial charge in [0.05, 0.1) is 0 Å². The van der Waals surface area contributed by atoms with Crippen LogP contribution in [-0.4, -0.2) is 29.7 Å². The Morgan fingerprint density at radius 3 is 2.71 bits per heavy atom. The lowest BCUT2D eigenvalue weighted by atomic mass is 10.0. The predicted octanol–water partition coefficient (Wildman–Crippen LogP) is 0.981. The Morgan fingerprint density at radius 1 is 1.35 bits per heavy atom. The average molecular weight is 234 g/mol. The fourth-order valence-corrected chi connectivity index (χ4v) is 2.10. The molecule has 3 N–H and O–H groups in total. The van der Waals surface area contributed by atoms with E-state index < -0.39 is 5.97 Å². The van der Waals surface area contributed by atoms with E-state index in [-0.39, 0.29) is 6.04 Å². The number of hydrogen-bond donors (Lipinski definition) is 3. The molecule has 2 atom stereocenters. The zero-order valence-corrected chi connectivity index (χ0v) is 9.73. The van der Waals surface area contributed by atoms with Gasteiger partial charge < -0.3 is 15.7 Å². The SMILES string of the molecule is O=C(O)C1CCC(NCc2ccccc2)CN1. The van der Waals surface area contributed by atoms with Crippen molar-refractivity contribution in [2.45, 2.75) is 31.5 Å². The Balaban J connectivity index is 1.74. The summed E-state index contributed by atoms with van der Waals surface area (Å²) >= 11 is 0. The fourth-order valence-electron chi connectivity index (χ4n) is 2.10. The van der Waals surface area contributed by atoms with Crippen LogP contribution in [0, 0.1) is 0 Å². The van der Waals surface area contributed by atoms with E-state index in [0.29, 0.717) is 12.5 Å². The van der Waals surface area contributed by atoms with Crippen molar-refractivity contribution in [2.24, 2.45) is 0 Å². The van der Waals surface area contributed by atoms with E-state index in [2.05, 4.69) is 22.8 Å². The van der Waals surface area contributed by atoms with Crippen LogP contribution >= 0.6 is 0 Å². The minimum absolute atomic E-state index is 0.366. The van der Waals surface area contributed by atoms with Gasteiger partial charge in [0.1, 0.15) is 6.04 Å². The lowest BCUT2D eigenvalue weighted by Gasteiger charge is -2.28. The molecule has 1 aliphatic heterocycles. The second kappa shape index (κ2) is 5.80. The van der Waals surface area contributed by atoms with Crippen LogP contribution in [-0.2, 0) is 11.3 Å². The number of benzene rings is 1. The molecule has 1 saturated heterocycles. The molecule has 0 spiro atoms. The monoisotopic (exact) mass is 234 g/mol. The molecule has 17 heavy (non-hydrogen) atoms. The molecule has 0 aromatic heterocycles. The maximum atomic E-state index is 10.8. The Kier molecular flexibility index (Phi) is 4.12. The number of aliphatic carboxylic acids is 1. The summed E-state index contributed by atoms with van der Waals surface area (Å²) in [5.41, 5.74) is 1.26. The molecule has 1 aromatic rings. The highest BCUT2D eigenvalue weighted by atomic mass is 16.4. The second-order valence-electron chi connectivity index (χ2n) is 4.44. The van der Waals surface area contributed by atoms with Crippen LogP contribution in [0.3, 0.4) is 0 Å². The highest BCUT2D eigenvalue weighted by molar-refractivity contribution is 5.73. The number of carboxylic acids is 1. The molecule has 1 fully saturated rings. The Hall–Kier alpha value is -1.39. The summed E-state index contributed by atoms with van der Waals surface area (Å²) in [6.07, 6.45) is 1.61. The van der Waals surface area contributed by atoms with Crippen molar-refractivity contribution < 1.29 is 9.90 Å². The van der Waals surface area contributed by atoms with Crippen molar-refractivity contribution in [1.82, 2.24) is 10.6 Å². The maximum Gasteiger partial charge on any atom is 0.320 e. The van der Waals surface area contributed by atoms with Gasteiger partial charge in [-0.2, -0.15) is 0 Å². The molecule has 1 aromatic carbocycles. The van der Waals surface area contributed by atoms with E-state index in [1.807, 2.05) is 18.2 Å². The Labute approximate surface area is 101 Å². The Morgan fingerprint density at radius 2 is 2.12 bits per heavy atom. The van der Waals surface area contributed by atoms with Crippen LogP contribution in [0.15, 0.2) is 30.3 Å². The van der Waals surface area contributed by atoms with E-state index in [0.717, 1.165) is 19.5 Å². The van der Waals surface area contributed by atoms with Gasteiger partial charge >= 0.3 is 5.97 Å². The summed E-state index contributed by atoms with van der Waals surface area (Å²) in [5, 5.41) is 15.3. The molecule has 0 aliphatic carbocycles. The van der Waals surface area contributed by atoms with Crippen molar-refractivity contribution in [2.75, 3.05) is 6.54 Å². The molecule has 1 aliphatic rings. The molecule has 92 valence electrons. The minimum Gasteiger partial charge on any atom is -0.480 e. The smallest absolute Gasteiger partial charge is 0.320 e. The van der Waals surface area contributed by atoms with Gasteiger partial charge in [0.2, 0.25) is 0 Å². The van der Waals surface area contributed by atoms with Crippen molar-refractivity contribution in [3.8, 4) is 0 Å². The first-order valence-corrected chi connectivity index (χ1v) is 5.99. The molecule has 0 amide bonds. The Bertz CT molecular complexity index is 359. The highest BCUT2D eigenvalue weighted by Crippen LogP contribution is 2.09. The molecule has 1 heterocycles. The number of hydrogen-bond acceptors (Lipinski definition) is 3. The standard InChI is InChI=1S/C13H18N2O2/c16-13(17)12-7-6-11(9-15-12)14-8-10-4-2-1-3-5-10/h1-5,11-12,14-15H,6-9H2,(H,16,17). The third-order valence-corrected chi connectivity index (χ3v) is 3.15. The molecule has 4 nitrogen and oxygen atoms in total. The largest absolute Gasteiger partial charge is 0.480 e. The summed E-state index contributed by atoms with van der Waals surface area (Å²) in [6.45, 7) is 1.56. The topological polar surface area (TPSA) is 61.4 Å². The summed E-state index contributed by atoms with van der Waals surface area (Å²) in [6, 6.07) is 10.2. The summed E-state index contributed by atoms with van der Waals surface area (Å²) in [5.74, 6) is -0.744. The lowest BCUT2D eigenvalue weighted by Crippen LogP contribution is -2.50. The zero-order valence-electron chi connectivity index (χ0n) is 9.73. The molecular weight excluding hydrogens is 216 g/mol. The molecule has 2 unspecified atom stereocenters. The second-order valence-corrected chi connectivity index (χ2v) is 4.44. The first-order chi connectivity index (χ1) is 8.25. The first-order valence-electron chi connectivity index (χ1n) is 5.99. The van der Waals surface area contributed by atoms with Crippen LogP contribution in [0.2, 0.25) is 0 Å². The van der Waals surface area contributed by atoms with Crippen LogP contribution < -0.4 is 10.6 Å². The van der Waals surface area contributed by atoms with Crippen molar-refractivity contribution in [3.05, 3.63) is 35.9 Å². The van der Waals surface area contributed by atoms with Gasteiger partial charge in [-0.25, -0.2) is 0 Å². The van der Waals surface area contributed by atoms with Crippen LogP contribution in [0.5, 0.6) is 0 Å². The number of carbonyl (C=O) groups is 1. The minimum atomic E-state index is -0.744. The summed E-state index contributed by atoms with van der Waals surface area (Å²) < 4.78 is 0. The van der Waals surface area contributed by atoms with Gasteiger partial charge in [-0.3, -0.25) is 4.79 Å². The molecule has 0 saturated carbocycles. The van der Waals surface area contributed by atoms with E-state index >= 15 is 0 Å². The number of carboxylic acid groups (broad SMARTS) is 1.